The van der Waals surface area contributed by atoms with Crippen molar-refractivity contribution in [3.8, 4) is 22.6 Å². The lowest BCUT2D eigenvalue weighted by Crippen LogP contribution is -2.22. The number of hydrogen-bond acceptors (Lipinski definition) is 5. The van der Waals surface area contributed by atoms with Crippen LogP contribution < -0.4 is 14.8 Å². The SMILES string of the molecule is COc1cc(OC)c(Cl)c(-c2ccc3nc(C[C@@H]4CN[C@H](CF)C4)ncc3c2)c1Cl. The molecule has 0 bridgehead atoms. The number of halogens is 3. The predicted octanol–water partition coefficient (Wildman–Crippen LogP) is 5.11. The first-order valence-electron chi connectivity index (χ1n) is 9.69. The molecule has 1 saturated heterocycles. The fraction of sp³-hybridized carbons (Fsp3) is 0.364. The Bertz CT molecular complexity index is 1050. The normalized spacial score (nSPS) is 18.7. The second-order valence-electron chi connectivity index (χ2n) is 7.41. The highest BCUT2D eigenvalue weighted by Crippen LogP contribution is 2.46. The average Bonchev–Trinajstić information content (AvgIpc) is 3.21. The van der Waals surface area contributed by atoms with Gasteiger partial charge in [-0.25, -0.2) is 14.4 Å². The van der Waals surface area contributed by atoms with Crippen LogP contribution in [0.4, 0.5) is 4.39 Å². The zero-order valence-electron chi connectivity index (χ0n) is 16.7. The Hall–Kier alpha value is -2.15. The van der Waals surface area contributed by atoms with E-state index in [1.165, 1.54) is 0 Å². The first kappa shape index (κ1) is 21.1. The molecule has 0 aliphatic carbocycles. The van der Waals surface area contributed by atoms with Crippen molar-refractivity contribution in [1.29, 1.82) is 0 Å². The van der Waals surface area contributed by atoms with Crippen LogP contribution in [0.15, 0.2) is 30.5 Å². The van der Waals surface area contributed by atoms with Gasteiger partial charge in [-0.2, -0.15) is 0 Å². The second-order valence-corrected chi connectivity index (χ2v) is 8.17. The van der Waals surface area contributed by atoms with E-state index in [4.69, 9.17) is 32.7 Å². The van der Waals surface area contributed by atoms with Gasteiger partial charge >= 0.3 is 0 Å². The van der Waals surface area contributed by atoms with E-state index in [0.29, 0.717) is 33.0 Å². The quantitative estimate of drug-likeness (QED) is 0.566. The Morgan fingerprint density at radius 2 is 1.87 bits per heavy atom. The van der Waals surface area contributed by atoms with Crippen molar-refractivity contribution in [3.63, 3.8) is 0 Å². The van der Waals surface area contributed by atoms with Crippen molar-refractivity contribution in [2.75, 3.05) is 27.4 Å². The Morgan fingerprint density at radius 3 is 2.50 bits per heavy atom. The minimum Gasteiger partial charge on any atom is -0.495 e. The number of aromatic nitrogens is 2. The van der Waals surface area contributed by atoms with Crippen molar-refractivity contribution >= 4 is 34.1 Å². The summed E-state index contributed by atoms with van der Waals surface area (Å²) in [4.78, 5) is 9.21. The molecule has 1 N–H and O–H groups in total. The van der Waals surface area contributed by atoms with Gasteiger partial charge in [0.1, 0.15) is 24.0 Å². The minimum absolute atomic E-state index is 0.0487. The summed E-state index contributed by atoms with van der Waals surface area (Å²) in [7, 11) is 3.09. The van der Waals surface area contributed by atoms with Gasteiger partial charge in [-0.1, -0.05) is 29.3 Å². The van der Waals surface area contributed by atoms with Gasteiger partial charge in [-0.3, -0.25) is 0 Å². The number of ether oxygens (including phenoxy) is 2. The molecule has 3 aromatic rings. The van der Waals surface area contributed by atoms with E-state index in [0.717, 1.165) is 41.7 Å². The van der Waals surface area contributed by atoms with Crippen molar-refractivity contribution in [2.24, 2.45) is 5.92 Å². The number of alkyl halides is 1. The fourth-order valence-electron chi connectivity index (χ4n) is 3.90. The maximum Gasteiger partial charge on any atom is 0.141 e. The highest BCUT2D eigenvalue weighted by atomic mass is 35.5. The third-order valence-electron chi connectivity index (χ3n) is 5.46. The summed E-state index contributed by atoms with van der Waals surface area (Å²) in [6.45, 7) is 0.460. The van der Waals surface area contributed by atoms with Crippen molar-refractivity contribution in [3.05, 3.63) is 46.3 Å². The summed E-state index contributed by atoms with van der Waals surface area (Å²) in [5, 5.41) is 4.89. The van der Waals surface area contributed by atoms with Gasteiger partial charge in [-0.05, 0) is 36.6 Å². The van der Waals surface area contributed by atoms with Crippen LogP contribution in [0, 0.1) is 5.92 Å². The van der Waals surface area contributed by atoms with E-state index >= 15 is 0 Å². The van der Waals surface area contributed by atoms with Crippen LogP contribution >= 0.6 is 23.2 Å². The molecule has 2 heterocycles. The van der Waals surface area contributed by atoms with Crippen molar-refractivity contribution in [1.82, 2.24) is 15.3 Å². The number of nitrogens with zero attached hydrogens (tertiary/aromatic N) is 2. The van der Waals surface area contributed by atoms with Gasteiger partial charge < -0.3 is 14.8 Å². The number of benzene rings is 2. The number of nitrogens with one attached hydrogen (secondary N) is 1. The summed E-state index contributed by atoms with van der Waals surface area (Å²) in [5.74, 6) is 2.08. The summed E-state index contributed by atoms with van der Waals surface area (Å²) < 4.78 is 23.5. The fourth-order valence-corrected chi connectivity index (χ4v) is 4.62. The van der Waals surface area contributed by atoms with E-state index in [-0.39, 0.29) is 12.7 Å². The maximum absolute atomic E-state index is 12.8. The molecule has 1 aromatic heterocycles. The molecule has 1 aliphatic heterocycles. The van der Waals surface area contributed by atoms with Crippen LogP contribution in [0.5, 0.6) is 11.5 Å². The summed E-state index contributed by atoms with van der Waals surface area (Å²) in [5.41, 5.74) is 2.28. The van der Waals surface area contributed by atoms with Crippen LogP contribution in [0.1, 0.15) is 12.2 Å². The Balaban J connectivity index is 1.67. The molecule has 8 heteroatoms. The zero-order chi connectivity index (χ0) is 21.3. The molecule has 1 fully saturated rings. The molecule has 0 saturated carbocycles. The molecule has 0 unspecified atom stereocenters. The molecular weight excluding hydrogens is 428 g/mol. The molecule has 2 atom stereocenters. The smallest absolute Gasteiger partial charge is 0.141 e. The summed E-state index contributed by atoms with van der Waals surface area (Å²) in [6, 6.07) is 7.40. The number of methoxy groups -OCH3 is 2. The molecule has 0 spiro atoms. The third-order valence-corrected chi connectivity index (χ3v) is 6.21. The van der Waals surface area contributed by atoms with Crippen LogP contribution in [-0.2, 0) is 6.42 Å². The maximum atomic E-state index is 12.8. The van der Waals surface area contributed by atoms with Gasteiger partial charge in [0.05, 0.1) is 29.8 Å². The first-order valence-corrected chi connectivity index (χ1v) is 10.4. The molecule has 1 aliphatic rings. The number of fused-ring (bicyclic) bond motifs is 1. The zero-order valence-corrected chi connectivity index (χ0v) is 18.2. The third kappa shape index (κ3) is 4.04. The van der Waals surface area contributed by atoms with Crippen LogP contribution in [0.25, 0.3) is 22.0 Å². The second kappa shape index (κ2) is 8.92. The summed E-state index contributed by atoms with van der Waals surface area (Å²) in [6.07, 6.45) is 3.34. The van der Waals surface area contributed by atoms with Crippen LogP contribution in [0.3, 0.4) is 0 Å². The van der Waals surface area contributed by atoms with Crippen molar-refractivity contribution < 1.29 is 13.9 Å². The molecule has 30 heavy (non-hydrogen) atoms. The lowest BCUT2D eigenvalue weighted by Gasteiger charge is -2.15. The Labute approximate surface area is 184 Å². The van der Waals surface area contributed by atoms with E-state index in [2.05, 4.69) is 15.3 Å². The average molecular weight is 450 g/mol. The van der Waals surface area contributed by atoms with Crippen molar-refractivity contribution in [2.45, 2.75) is 18.9 Å². The highest BCUT2D eigenvalue weighted by Gasteiger charge is 2.25. The van der Waals surface area contributed by atoms with Gasteiger partial charge in [0.25, 0.3) is 0 Å². The molecule has 4 rings (SSSR count). The van der Waals surface area contributed by atoms with E-state index in [1.54, 1.807) is 26.5 Å². The lowest BCUT2D eigenvalue weighted by atomic mass is 10.0. The summed E-state index contributed by atoms with van der Waals surface area (Å²) >= 11 is 13.1. The van der Waals surface area contributed by atoms with Crippen LogP contribution in [0.2, 0.25) is 10.0 Å². The standard InChI is InChI=1S/C22H22Cl2FN3O2/c1-29-17-8-18(30-2)22(24)20(21(17)23)13-3-4-16-14(7-13)11-27-19(28-16)6-12-5-15(9-25)26-10-12/h3-4,7-8,11-12,15,26H,5-6,9-10H2,1-2H3/t12-,15+/m1/s1. The molecule has 5 nitrogen and oxygen atoms in total. The van der Waals surface area contributed by atoms with Crippen LogP contribution in [-0.4, -0.2) is 43.4 Å². The van der Waals surface area contributed by atoms with Gasteiger partial charge in [-0.15, -0.1) is 0 Å². The molecule has 0 radical (unpaired) electrons. The highest BCUT2D eigenvalue weighted by molar-refractivity contribution is 6.41. The number of hydrogen-bond donors (Lipinski definition) is 1. The van der Waals surface area contributed by atoms with E-state index < -0.39 is 0 Å². The van der Waals surface area contributed by atoms with E-state index in [1.807, 2.05) is 18.2 Å². The topological polar surface area (TPSA) is 56.3 Å². The van der Waals surface area contributed by atoms with Gasteiger partial charge in [0.15, 0.2) is 0 Å². The number of rotatable bonds is 6. The molecular formula is C22H22Cl2FN3O2. The monoisotopic (exact) mass is 449 g/mol. The Morgan fingerprint density at radius 1 is 1.13 bits per heavy atom. The largest absolute Gasteiger partial charge is 0.495 e. The molecule has 158 valence electrons. The Kier molecular flexibility index (Phi) is 6.27. The minimum atomic E-state index is -0.335. The van der Waals surface area contributed by atoms with Gasteiger partial charge in [0, 0.05) is 35.7 Å². The molecule has 0 amide bonds. The van der Waals surface area contributed by atoms with Gasteiger partial charge in [0.2, 0.25) is 0 Å². The molecule has 2 aromatic carbocycles. The lowest BCUT2D eigenvalue weighted by molar-refractivity contribution is 0.395. The predicted molar refractivity (Wildman–Crippen MR) is 118 cm³/mol. The van der Waals surface area contributed by atoms with E-state index in [9.17, 15) is 4.39 Å². The first-order chi connectivity index (χ1) is 14.5.